The Bertz CT molecular complexity index is 324. The van der Waals surface area contributed by atoms with Crippen molar-refractivity contribution in [3.05, 3.63) is 23.3 Å². The van der Waals surface area contributed by atoms with Gasteiger partial charge < -0.3 is 5.32 Å². The molecule has 12 heavy (non-hydrogen) atoms. The molecule has 0 fully saturated rings. The average Bonchev–Trinajstić information content (AvgIpc) is 2.05. The minimum atomic E-state index is -0.184. The van der Waals surface area contributed by atoms with E-state index in [9.17, 15) is 4.79 Å². The highest BCUT2D eigenvalue weighted by Crippen LogP contribution is 2.11. The van der Waals surface area contributed by atoms with Crippen LogP contribution < -0.4 is 5.32 Å². The molecule has 0 saturated carbocycles. The molecule has 0 aromatic carbocycles. The van der Waals surface area contributed by atoms with Crippen molar-refractivity contribution in [3.63, 3.8) is 0 Å². The number of diazo groups is 1. The molecule has 0 aliphatic carbocycles. The van der Waals surface area contributed by atoms with Crippen LogP contribution in [0.2, 0.25) is 0 Å². The number of nitrogens with one attached hydrogen (secondary N) is 1. The first-order chi connectivity index (χ1) is 5.72. The second-order valence-corrected chi connectivity index (χ2v) is 2.18. The number of aromatic nitrogens is 1. The van der Waals surface area contributed by atoms with Crippen molar-refractivity contribution >= 4 is 17.4 Å². The fourth-order valence-electron chi connectivity index (χ4n) is 0.700. The summed E-state index contributed by atoms with van der Waals surface area (Å²) in [6.07, 6.45) is 1.35. The first kappa shape index (κ1) is 8.14. The van der Waals surface area contributed by atoms with Gasteiger partial charge in [-0.05, 0) is 6.07 Å². The van der Waals surface area contributed by atoms with Crippen LogP contribution in [-0.4, -0.2) is 10.9 Å². The highest BCUT2D eigenvalue weighted by atomic mass is 16.1. The van der Waals surface area contributed by atoms with Gasteiger partial charge >= 0.3 is 5.69 Å². The van der Waals surface area contributed by atoms with Crippen LogP contribution >= 0.6 is 0 Å². The minimum absolute atomic E-state index is 0.184. The van der Waals surface area contributed by atoms with Gasteiger partial charge in [0.1, 0.15) is 12.0 Å². The predicted octanol–water partition coefficient (Wildman–Crippen LogP) is 1.52. The lowest BCUT2D eigenvalue weighted by Crippen LogP contribution is -2.06. The summed E-state index contributed by atoms with van der Waals surface area (Å²) in [6.45, 7) is 1.39. The van der Waals surface area contributed by atoms with Crippen LogP contribution in [0.3, 0.4) is 0 Å². The SMILES string of the molecule is CC(=O)Nc1ccc([N+]#N)cn1. The zero-order valence-corrected chi connectivity index (χ0v) is 6.48. The van der Waals surface area contributed by atoms with Crippen molar-refractivity contribution in [2.75, 3.05) is 5.32 Å². The van der Waals surface area contributed by atoms with E-state index in [2.05, 4.69) is 15.3 Å². The topological polar surface area (TPSA) is 70.1 Å². The lowest BCUT2D eigenvalue weighted by molar-refractivity contribution is -0.114. The fourth-order valence-corrected chi connectivity index (χ4v) is 0.700. The van der Waals surface area contributed by atoms with Crippen LogP contribution in [0.25, 0.3) is 4.98 Å². The van der Waals surface area contributed by atoms with Gasteiger partial charge in [0.15, 0.2) is 4.98 Å². The van der Waals surface area contributed by atoms with Crippen molar-refractivity contribution < 1.29 is 4.79 Å². The van der Waals surface area contributed by atoms with Crippen LogP contribution in [-0.2, 0) is 4.79 Å². The van der Waals surface area contributed by atoms with E-state index in [-0.39, 0.29) is 5.91 Å². The van der Waals surface area contributed by atoms with E-state index in [1.807, 2.05) is 0 Å². The largest absolute Gasteiger partial charge is 0.403 e. The Labute approximate surface area is 69.1 Å². The Hall–Kier alpha value is -1.96. The summed E-state index contributed by atoms with van der Waals surface area (Å²) >= 11 is 0. The molecule has 1 aromatic heterocycles. The summed E-state index contributed by atoms with van der Waals surface area (Å²) in [7, 11) is 0. The van der Waals surface area contributed by atoms with E-state index in [0.717, 1.165) is 0 Å². The standard InChI is InChI=1S/C7H6N4O/c1-5(12)10-7-3-2-6(11-8)4-9-7/h2-4H,1H3/p+1. The summed E-state index contributed by atoms with van der Waals surface area (Å²) in [6, 6.07) is 3.09. The highest BCUT2D eigenvalue weighted by Gasteiger charge is 2.04. The van der Waals surface area contributed by atoms with Gasteiger partial charge in [0.25, 0.3) is 0 Å². The summed E-state index contributed by atoms with van der Waals surface area (Å²) in [5.74, 6) is 0.256. The van der Waals surface area contributed by atoms with Crippen LogP contribution in [0.15, 0.2) is 18.3 Å². The summed E-state index contributed by atoms with van der Waals surface area (Å²) < 4.78 is 0. The molecule has 1 heterocycles. The second kappa shape index (κ2) is 3.44. The zero-order chi connectivity index (χ0) is 8.97. The highest BCUT2D eigenvalue weighted by molar-refractivity contribution is 5.87. The Morgan fingerprint density at radius 3 is 2.83 bits per heavy atom. The predicted molar refractivity (Wildman–Crippen MR) is 43.3 cm³/mol. The molecule has 1 aromatic rings. The molecular formula is C7H7N4O+. The molecule has 0 radical (unpaired) electrons. The van der Waals surface area contributed by atoms with Gasteiger partial charge in [-0.15, -0.1) is 0 Å². The number of hydrogen-bond donors (Lipinski definition) is 1. The normalized spacial score (nSPS) is 8.67. The second-order valence-electron chi connectivity index (χ2n) is 2.18. The molecule has 0 unspecified atom stereocenters. The summed E-state index contributed by atoms with van der Waals surface area (Å²) in [5, 5.41) is 10.8. The molecule has 0 aliphatic heterocycles. The van der Waals surface area contributed by atoms with E-state index < -0.39 is 0 Å². The number of carbonyl (C=O) groups is 1. The number of pyridine rings is 1. The molecular weight excluding hydrogens is 156 g/mol. The van der Waals surface area contributed by atoms with Crippen molar-refractivity contribution in [1.29, 1.82) is 5.39 Å². The third-order valence-corrected chi connectivity index (χ3v) is 1.17. The lowest BCUT2D eigenvalue weighted by Gasteiger charge is -1.96. The molecule has 60 valence electrons. The summed E-state index contributed by atoms with van der Waals surface area (Å²) in [4.78, 5) is 17.3. The van der Waals surface area contributed by atoms with Crippen molar-refractivity contribution in [1.82, 2.24) is 4.98 Å². The number of nitrogens with zero attached hydrogens (tertiary/aromatic N) is 3. The molecule has 0 saturated heterocycles. The number of amides is 1. The third-order valence-electron chi connectivity index (χ3n) is 1.17. The molecule has 0 bridgehead atoms. The molecule has 1 rings (SSSR count). The fraction of sp³-hybridized carbons (Fsp3) is 0.143. The van der Waals surface area contributed by atoms with Gasteiger partial charge in [0, 0.05) is 13.0 Å². The van der Waals surface area contributed by atoms with E-state index in [1.165, 1.54) is 19.2 Å². The summed E-state index contributed by atoms with van der Waals surface area (Å²) in [5.41, 5.74) is 0.351. The first-order valence-electron chi connectivity index (χ1n) is 3.31. The van der Waals surface area contributed by atoms with E-state index in [4.69, 9.17) is 5.39 Å². The maximum Gasteiger partial charge on any atom is 0.403 e. The van der Waals surface area contributed by atoms with Crippen LogP contribution in [0.5, 0.6) is 0 Å². The van der Waals surface area contributed by atoms with E-state index >= 15 is 0 Å². The first-order valence-corrected chi connectivity index (χ1v) is 3.31. The number of hydrogen-bond acceptors (Lipinski definition) is 3. The Kier molecular flexibility index (Phi) is 2.33. The van der Waals surface area contributed by atoms with E-state index in [0.29, 0.717) is 11.5 Å². The van der Waals surface area contributed by atoms with Gasteiger partial charge in [0.05, 0.1) is 0 Å². The third kappa shape index (κ3) is 2.02. The molecule has 1 N–H and O–H groups in total. The monoisotopic (exact) mass is 163 g/mol. The number of carbonyl (C=O) groups excluding carboxylic acids is 1. The van der Waals surface area contributed by atoms with Gasteiger partial charge in [-0.2, -0.15) is 0 Å². The van der Waals surface area contributed by atoms with Crippen molar-refractivity contribution in [3.8, 4) is 0 Å². The molecule has 1 amide bonds. The Morgan fingerprint density at radius 1 is 1.67 bits per heavy atom. The Balaban J connectivity index is 2.80. The number of anilines is 1. The van der Waals surface area contributed by atoms with Crippen LogP contribution in [0, 0.1) is 5.39 Å². The lowest BCUT2D eigenvalue weighted by atomic mass is 10.4. The molecule has 5 heteroatoms. The zero-order valence-electron chi connectivity index (χ0n) is 6.48. The number of rotatable bonds is 1. The van der Waals surface area contributed by atoms with Gasteiger partial charge in [0.2, 0.25) is 11.3 Å². The average molecular weight is 163 g/mol. The van der Waals surface area contributed by atoms with Crippen molar-refractivity contribution in [2.45, 2.75) is 6.92 Å². The molecule has 0 aliphatic rings. The maximum absolute atomic E-state index is 10.5. The van der Waals surface area contributed by atoms with Crippen LogP contribution in [0.1, 0.15) is 6.92 Å². The van der Waals surface area contributed by atoms with Gasteiger partial charge in [-0.3, -0.25) is 4.79 Å². The van der Waals surface area contributed by atoms with Gasteiger partial charge in [-0.25, -0.2) is 4.98 Å². The van der Waals surface area contributed by atoms with Crippen molar-refractivity contribution in [2.24, 2.45) is 0 Å². The maximum atomic E-state index is 10.5. The minimum Gasteiger partial charge on any atom is -0.311 e. The Morgan fingerprint density at radius 2 is 2.42 bits per heavy atom. The molecule has 5 nitrogen and oxygen atoms in total. The van der Waals surface area contributed by atoms with Crippen LogP contribution in [0.4, 0.5) is 11.5 Å². The molecule has 0 spiro atoms. The van der Waals surface area contributed by atoms with Gasteiger partial charge in [-0.1, -0.05) is 0 Å². The quantitative estimate of drug-likeness (QED) is 0.638. The smallest absolute Gasteiger partial charge is 0.311 e. The van der Waals surface area contributed by atoms with E-state index in [1.54, 1.807) is 6.07 Å². The molecule has 0 atom stereocenters.